The van der Waals surface area contributed by atoms with Crippen molar-refractivity contribution in [1.82, 2.24) is 0 Å². The van der Waals surface area contributed by atoms with Gasteiger partial charge in [-0.2, -0.15) is 0 Å². The SMILES string of the molecule is O=C1C(Cl)=C(CNc2ccccc2O)C(=O)c2ccccc21. The fraction of sp³-hybridized carbons (Fsp3) is 0.0588. The van der Waals surface area contributed by atoms with Gasteiger partial charge >= 0.3 is 0 Å². The van der Waals surface area contributed by atoms with Crippen molar-refractivity contribution in [2.24, 2.45) is 0 Å². The molecule has 0 spiro atoms. The van der Waals surface area contributed by atoms with Crippen molar-refractivity contribution in [2.45, 2.75) is 0 Å². The highest BCUT2D eigenvalue weighted by Crippen LogP contribution is 2.29. The maximum absolute atomic E-state index is 12.5. The zero-order chi connectivity index (χ0) is 15.7. The molecule has 1 aliphatic carbocycles. The van der Waals surface area contributed by atoms with Gasteiger partial charge < -0.3 is 10.4 Å². The zero-order valence-corrected chi connectivity index (χ0v) is 12.2. The lowest BCUT2D eigenvalue weighted by Crippen LogP contribution is -2.24. The molecule has 0 atom stereocenters. The Bertz CT molecular complexity index is 811. The molecule has 0 aromatic heterocycles. The maximum atomic E-state index is 12.5. The number of carbonyl (C=O) groups is 2. The lowest BCUT2D eigenvalue weighted by Gasteiger charge is -2.18. The monoisotopic (exact) mass is 313 g/mol. The molecular formula is C17H12ClNO3. The molecule has 22 heavy (non-hydrogen) atoms. The van der Waals surface area contributed by atoms with Gasteiger partial charge in [0, 0.05) is 23.2 Å². The first kappa shape index (κ1) is 14.4. The summed E-state index contributed by atoms with van der Waals surface area (Å²) in [5.74, 6) is -0.566. The number of rotatable bonds is 3. The van der Waals surface area contributed by atoms with Crippen molar-refractivity contribution < 1.29 is 14.7 Å². The van der Waals surface area contributed by atoms with E-state index in [1.54, 1.807) is 42.5 Å². The topological polar surface area (TPSA) is 66.4 Å². The molecule has 0 bridgehead atoms. The molecule has 4 nitrogen and oxygen atoms in total. The molecule has 110 valence electrons. The lowest BCUT2D eigenvalue weighted by molar-refractivity contribution is 0.0980. The first-order chi connectivity index (χ1) is 10.6. The summed E-state index contributed by atoms with van der Waals surface area (Å²) in [7, 11) is 0. The van der Waals surface area contributed by atoms with Gasteiger partial charge in [-0.05, 0) is 12.1 Å². The van der Waals surface area contributed by atoms with Gasteiger partial charge in [0.1, 0.15) is 5.75 Å². The van der Waals surface area contributed by atoms with E-state index in [1.807, 2.05) is 0 Å². The van der Waals surface area contributed by atoms with Crippen LogP contribution in [0.1, 0.15) is 20.7 Å². The average Bonchev–Trinajstić information content (AvgIpc) is 2.54. The fourth-order valence-electron chi connectivity index (χ4n) is 2.36. The molecule has 0 amide bonds. The van der Waals surface area contributed by atoms with Crippen LogP contribution >= 0.6 is 11.6 Å². The molecule has 1 aliphatic rings. The molecule has 0 fully saturated rings. The van der Waals surface area contributed by atoms with Crippen LogP contribution in [-0.4, -0.2) is 23.2 Å². The van der Waals surface area contributed by atoms with E-state index in [0.29, 0.717) is 16.8 Å². The molecule has 0 saturated carbocycles. The lowest BCUT2D eigenvalue weighted by atomic mass is 9.89. The third-order valence-corrected chi connectivity index (χ3v) is 3.91. The molecule has 2 N–H and O–H groups in total. The molecule has 0 radical (unpaired) electrons. The van der Waals surface area contributed by atoms with E-state index >= 15 is 0 Å². The number of benzene rings is 2. The molecule has 2 aromatic rings. The molecular weight excluding hydrogens is 302 g/mol. The van der Waals surface area contributed by atoms with Crippen LogP contribution in [0.15, 0.2) is 59.1 Å². The number of halogens is 1. The summed E-state index contributed by atoms with van der Waals surface area (Å²) in [6.07, 6.45) is 0. The van der Waals surface area contributed by atoms with Crippen LogP contribution in [0, 0.1) is 0 Å². The van der Waals surface area contributed by atoms with Crippen molar-refractivity contribution in [3.63, 3.8) is 0 Å². The minimum Gasteiger partial charge on any atom is -0.506 e. The number of Topliss-reactive ketones (excluding diaryl/α,β-unsaturated/α-hetero) is 2. The Morgan fingerprint density at radius 3 is 2.18 bits per heavy atom. The van der Waals surface area contributed by atoms with Gasteiger partial charge in [-0.3, -0.25) is 9.59 Å². The number of carbonyl (C=O) groups excluding carboxylic acids is 2. The summed E-state index contributed by atoms with van der Waals surface area (Å²) in [5.41, 5.74) is 1.35. The summed E-state index contributed by atoms with van der Waals surface area (Å²) in [4.78, 5) is 24.7. The minimum absolute atomic E-state index is 0.0641. The smallest absolute Gasteiger partial charge is 0.205 e. The molecule has 2 aromatic carbocycles. The maximum Gasteiger partial charge on any atom is 0.205 e. The number of fused-ring (bicyclic) bond motifs is 1. The summed E-state index contributed by atoms with van der Waals surface area (Å²) in [6.45, 7) is 0.0648. The highest BCUT2D eigenvalue weighted by Gasteiger charge is 2.30. The van der Waals surface area contributed by atoms with E-state index < -0.39 is 0 Å². The third-order valence-electron chi connectivity index (χ3n) is 3.51. The quantitative estimate of drug-likeness (QED) is 0.853. The number of hydrogen-bond donors (Lipinski definition) is 2. The zero-order valence-electron chi connectivity index (χ0n) is 11.5. The van der Waals surface area contributed by atoms with Crippen LogP contribution in [-0.2, 0) is 0 Å². The third kappa shape index (κ3) is 2.38. The van der Waals surface area contributed by atoms with Crippen LogP contribution in [0.25, 0.3) is 0 Å². The summed E-state index contributed by atoms with van der Waals surface area (Å²) < 4.78 is 0. The number of ketones is 2. The van der Waals surface area contributed by atoms with Gasteiger partial charge in [0.05, 0.1) is 10.7 Å². The first-order valence-corrected chi connectivity index (χ1v) is 7.06. The van der Waals surface area contributed by atoms with E-state index in [0.717, 1.165) is 0 Å². The molecule has 0 aliphatic heterocycles. The van der Waals surface area contributed by atoms with Crippen LogP contribution < -0.4 is 5.32 Å². The van der Waals surface area contributed by atoms with Crippen LogP contribution in [0.2, 0.25) is 0 Å². The number of nitrogens with one attached hydrogen (secondary N) is 1. The largest absolute Gasteiger partial charge is 0.506 e. The van der Waals surface area contributed by atoms with Gasteiger partial charge in [-0.25, -0.2) is 0 Å². The van der Waals surface area contributed by atoms with Crippen molar-refractivity contribution >= 4 is 28.9 Å². The Morgan fingerprint density at radius 2 is 1.50 bits per heavy atom. The number of aromatic hydroxyl groups is 1. The van der Waals surface area contributed by atoms with Crippen molar-refractivity contribution in [3.05, 3.63) is 70.3 Å². The fourth-order valence-corrected chi connectivity index (χ4v) is 2.62. The van der Waals surface area contributed by atoms with E-state index in [4.69, 9.17) is 11.6 Å². The number of allylic oxidation sites excluding steroid dienone is 1. The Kier molecular flexibility index (Phi) is 3.69. The Labute approximate surface area is 132 Å². The second-order valence-corrected chi connectivity index (χ2v) is 5.25. The Balaban J connectivity index is 1.91. The van der Waals surface area contributed by atoms with E-state index in [9.17, 15) is 14.7 Å². The van der Waals surface area contributed by atoms with E-state index in [1.165, 1.54) is 6.07 Å². The number of phenols is 1. The predicted octanol–water partition coefficient (Wildman–Crippen LogP) is 3.38. The summed E-state index contributed by atoms with van der Waals surface area (Å²) >= 11 is 6.07. The first-order valence-electron chi connectivity index (χ1n) is 6.68. The standard InChI is InChI=1S/C17H12ClNO3/c18-15-12(9-19-13-7-3-4-8-14(13)20)16(21)10-5-1-2-6-11(10)17(15)22/h1-8,19-20H,9H2. The number of anilines is 1. The van der Waals surface area contributed by atoms with Crippen LogP contribution in [0.5, 0.6) is 5.75 Å². The Hall–Kier alpha value is -2.59. The highest BCUT2D eigenvalue weighted by atomic mass is 35.5. The molecule has 0 heterocycles. The molecule has 3 rings (SSSR count). The van der Waals surface area contributed by atoms with Crippen LogP contribution in [0.3, 0.4) is 0 Å². The van der Waals surface area contributed by atoms with Gasteiger partial charge in [-0.1, -0.05) is 48.0 Å². The summed E-state index contributed by atoms with van der Waals surface area (Å²) in [6, 6.07) is 13.2. The van der Waals surface area contributed by atoms with Gasteiger partial charge in [0.15, 0.2) is 5.78 Å². The van der Waals surface area contributed by atoms with E-state index in [2.05, 4.69) is 5.32 Å². The number of hydrogen-bond acceptors (Lipinski definition) is 4. The predicted molar refractivity (Wildman–Crippen MR) is 84.6 cm³/mol. The number of phenolic OH excluding ortho intramolecular Hbond substituents is 1. The van der Waals surface area contributed by atoms with Gasteiger partial charge in [-0.15, -0.1) is 0 Å². The molecule has 0 unspecified atom stereocenters. The highest BCUT2D eigenvalue weighted by molar-refractivity contribution is 6.50. The van der Waals surface area contributed by atoms with Gasteiger partial charge in [0.2, 0.25) is 5.78 Å². The minimum atomic E-state index is -0.356. The second kappa shape index (κ2) is 5.66. The molecule has 5 heteroatoms. The Morgan fingerprint density at radius 1 is 0.909 bits per heavy atom. The number of para-hydroxylation sites is 2. The average molecular weight is 314 g/mol. The second-order valence-electron chi connectivity index (χ2n) is 4.87. The van der Waals surface area contributed by atoms with Crippen molar-refractivity contribution in [3.8, 4) is 5.75 Å². The van der Waals surface area contributed by atoms with Crippen molar-refractivity contribution in [2.75, 3.05) is 11.9 Å². The normalized spacial score (nSPS) is 14.0. The summed E-state index contributed by atoms with van der Waals surface area (Å²) in [5, 5.41) is 12.6. The van der Waals surface area contributed by atoms with Crippen molar-refractivity contribution in [1.29, 1.82) is 0 Å². The molecule has 0 saturated heterocycles. The van der Waals surface area contributed by atoms with Crippen LogP contribution in [0.4, 0.5) is 5.69 Å². The van der Waals surface area contributed by atoms with Gasteiger partial charge in [0.25, 0.3) is 0 Å². The van der Waals surface area contributed by atoms with E-state index in [-0.39, 0.29) is 34.5 Å².